The summed E-state index contributed by atoms with van der Waals surface area (Å²) in [5.74, 6) is 1.19. The van der Waals surface area contributed by atoms with Crippen LogP contribution < -0.4 is 5.56 Å². The summed E-state index contributed by atoms with van der Waals surface area (Å²) in [5.41, 5.74) is 0.918. The van der Waals surface area contributed by atoms with Crippen molar-refractivity contribution in [1.82, 2.24) is 19.1 Å². The molecule has 0 bridgehead atoms. The van der Waals surface area contributed by atoms with Crippen molar-refractivity contribution in [3.8, 4) is 0 Å². The van der Waals surface area contributed by atoms with E-state index in [0.717, 1.165) is 30.9 Å². The van der Waals surface area contributed by atoms with Gasteiger partial charge in [-0.3, -0.25) is 9.36 Å². The third-order valence-electron chi connectivity index (χ3n) is 3.41. The second-order valence-electron chi connectivity index (χ2n) is 4.81. The van der Waals surface area contributed by atoms with Crippen LogP contribution in [-0.4, -0.2) is 19.1 Å². The molecule has 5 nitrogen and oxygen atoms in total. The number of aryl methyl sites for hydroxylation is 1. The Balaban J connectivity index is 2.02. The fourth-order valence-electron chi connectivity index (χ4n) is 2.23. The van der Waals surface area contributed by atoms with E-state index < -0.39 is 0 Å². The minimum Gasteiger partial charge on any atom is -0.333 e. The number of rotatable bonds is 4. The molecule has 1 aliphatic rings. The van der Waals surface area contributed by atoms with Crippen LogP contribution >= 0.6 is 11.6 Å². The Bertz CT molecular complexity index is 657. The first-order chi connectivity index (χ1) is 9.19. The second kappa shape index (κ2) is 4.81. The minimum atomic E-state index is -0.0919. The van der Waals surface area contributed by atoms with Crippen LogP contribution in [0.2, 0.25) is 5.15 Å². The molecule has 2 aromatic heterocycles. The number of halogens is 1. The van der Waals surface area contributed by atoms with Crippen molar-refractivity contribution in [2.75, 3.05) is 0 Å². The van der Waals surface area contributed by atoms with Crippen molar-refractivity contribution in [3.63, 3.8) is 0 Å². The molecule has 1 saturated carbocycles. The maximum absolute atomic E-state index is 12.1. The van der Waals surface area contributed by atoms with Gasteiger partial charge in [0, 0.05) is 24.7 Å². The molecular weight excluding hydrogens is 264 g/mol. The van der Waals surface area contributed by atoms with Gasteiger partial charge in [0.2, 0.25) is 0 Å². The monoisotopic (exact) mass is 278 g/mol. The van der Waals surface area contributed by atoms with Gasteiger partial charge in [-0.15, -0.1) is 0 Å². The average molecular weight is 279 g/mol. The van der Waals surface area contributed by atoms with Crippen molar-refractivity contribution in [3.05, 3.63) is 45.6 Å². The number of hydrogen-bond donors (Lipinski definition) is 0. The first kappa shape index (κ1) is 12.4. The van der Waals surface area contributed by atoms with E-state index in [-0.39, 0.29) is 10.7 Å². The highest BCUT2D eigenvalue weighted by molar-refractivity contribution is 6.29. The van der Waals surface area contributed by atoms with Crippen LogP contribution in [0, 0.1) is 0 Å². The molecule has 0 aromatic carbocycles. The highest BCUT2D eigenvalue weighted by Crippen LogP contribution is 2.38. The highest BCUT2D eigenvalue weighted by Gasteiger charge is 2.29. The number of hydrogen-bond acceptors (Lipinski definition) is 3. The topological polar surface area (TPSA) is 52.7 Å². The van der Waals surface area contributed by atoms with Crippen molar-refractivity contribution in [1.29, 1.82) is 0 Å². The van der Waals surface area contributed by atoms with E-state index >= 15 is 0 Å². The van der Waals surface area contributed by atoms with Gasteiger partial charge in [-0.05, 0) is 19.8 Å². The third-order valence-corrected chi connectivity index (χ3v) is 3.60. The molecule has 2 heterocycles. The van der Waals surface area contributed by atoms with Crippen molar-refractivity contribution >= 4 is 11.6 Å². The summed E-state index contributed by atoms with van der Waals surface area (Å²) in [5, 5.41) is 0.284. The second-order valence-corrected chi connectivity index (χ2v) is 5.19. The van der Waals surface area contributed by atoms with Gasteiger partial charge in [0.15, 0.2) is 0 Å². The average Bonchev–Trinajstić information content (AvgIpc) is 3.12. The molecule has 1 fully saturated rings. The molecule has 0 N–H and O–H groups in total. The maximum atomic E-state index is 12.1. The Kier molecular flexibility index (Phi) is 3.14. The lowest BCUT2D eigenvalue weighted by molar-refractivity contribution is 0.618. The van der Waals surface area contributed by atoms with E-state index in [1.807, 2.05) is 4.57 Å². The predicted octanol–water partition coefficient (Wildman–Crippen LogP) is 2.04. The number of aromatic nitrogens is 4. The van der Waals surface area contributed by atoms with E-state index in [1.54, 1.807) is 17.1 Å². The van der Waals surface area contributed by atoms with Gasteiger partial charge in [-0.25, -0.2) is 9.97 Å². The molecule has 2 aromatic rings. The van der Waals surface area contributed by atoms with Crippen LogP contribution in [0.1, 0.15) is 37.2 Å². The Morgan fingerprint density at radius 2 is 2.26 bits per heavy atom. The molecule has 1 aliphatic carbocycles. The summed E-state index contributed by atoms with van der Waals surface area (Å²) in [4.78, 5) is 20.6. The molecule has 0 atom stereocenters. The predicted molar refractivity (Wildman–Crippen MR) is 72.5 cm³/mol. The third kappa shape index (κ3) is 2.42. The van der Waals surface area contributed by atoms with Gasteiger partial charge >= 0.3 is 0 Å². The molecular formula is C13H15ClN4O. The Morgan fingerprint density at radius 3 is 2.95 bits per heavy atom. The lowest BCUT2D eigenvalue weighted by Crippen LogP contribution is -2.25. The van der Waals surface area contributed by atoms with Crippen molar-refractivity contribution in [2.24, 2.45) is 0 Å². The molecule has 0 saturated heterocycles. The normalized spacial score (nSPS) is 14.8. The number of nitrogens with zero attached hydrogens (tertiary/aromatic N) is 4. The Hall–Kier alpha value is -1.62. The molecule has 0 unspecified atom stereocenters. The van der Waals surface area contributed by atoms with Crippen LogP contribution in [0.3, 0.4) is 0 Å². The molecule has 100 valence electrons. The molecule has 0 radical (unpaired) electrons. The van der Waals surface area contributed by atoms with Crippen molar-refractivity contribution in [2.45, 2.75) is 38.8 Å². The summed E-state index contributed by atoms with van der Waals surface area (Å²) < 4.78 is 3.74. The summed E-state index contributed by atoms with van der Waals surface area (Å²) in [6, 6.07) is 1.38. The fourth-order valence-corrected chi connectivity index (χ4v) is 2.41. The quantitative estimate of drug-likeness (QED) is 0.804. The van der Waals surface area contributed by atoms with Crippen LogP contribution in [-0.2, 0) is 13.1 Å². The Morgan fingerprint density at radius 1 is 1.47 bits per heavy atom. The van der Waals surface area contributed by atoms with E-state index in [9.17, 15) is 4.79 Å². The number of imidazole rings is 1. The molecule has 0 spiro atoms. The van der Waals surface area contributed by atoms with Crippen LogP contribution in [0.25, 0.3) is 0 Å². The van der Waals surface area contributed by atoms with Crippen LogP contribution in [0.5, 0.6) is 0 Å². The first-order valence-electron chi connectivity index (χ1n) is 6.45. The lowest BCUT2D eigenvalue weighted by Gasteiger charge is -2.12. The zero-order valence-corrected chi connectivity index (χ0v) is 11.5. The Labute approximate surface area is 115 Å². The minimum absolute atomic E-state index is 0.0919. The lowest BCUT2D eigenvalue weighted by atomic mass is 10.3. The molecule has 3 rings (SSSR count). The molecule has 0 amide bonds. The van der Waals surface area contributed by atoms with E-state index in [4.69, 9.17) is 11.6 Å². The molecule has 6 heteroatoms. The SMILES string of the molecule is CCn1cncc1Cn1c(C2CC2)nc(Cl)cc1=O. The van der Waals surface area contributed by atoms with Gasteiger partial charge in [0.05, 0.1) is 18.6 Å². The largest absolute Gasteiger partial charge is 0.333 e. The van der Waals surface area contributed by atoms with E-state index in [2.05, 4.69) is 16.9 Å². The molecule has 19 heavy (non-hydrogen) atoms. The van der Waals surface area contributed by atoms with Crippen LogP contribution in [0.4, 0.5) is 0 Å². The summed E-state index contributed by atoms with van der Waals surface area (Å²) in [6.07, 6.45) is 5.74. The smallest absolute Gasteiger partial charge is 0.255 e. The summed E-state index contributed by atoms with van der Waals surface area (Å²) >= 11 is 5.89. The summed E-state index contributed by atoms with van der Waals surface area (Å²) in [7, 11) is 0. The molecule has 0 aliphatic heterocycles. The van der Waals surface area contributed by atoms with Gasteiger partial charge in [0.25, 0.3) is 5.56 Å². The van der Waals surface area contributed by atoms with Gasteiger partial charge < -0.3 is 4.57 Å². The van der Waals surface area contributed by atoms with Crippen molar-refractivity contribution < 1.29 is 0 Å². The zero-order chi connectivity index (χ0) is 13.4. The zero-order valence-electron chi connectivity index (χ0n) is 10.7. The van der Waals surface area contributed by atoms with E-state index in [0.29, 0.717) is 12.5 Å². The fraction of sp³-hybridized carbons (Fsp3) is 0.462. The first-order valence-corrected chi connectivity index (χ1v) is 6.83. The van der Waals surface area contributed by atoms with Crippen LogP contribution in [0.15, 0.2) is 23.4 Å². The van der Waals surface area contributed by atoms with Gasteiger partial charge in [-0.1, -0.05) is 11.6 Å². The maximum Gasteiger partial charge on any atom is 0.255 e. The standard InChI is InChI=1S/C13H15ClN4O/c1-2-17-8-15-6-10(17)7-18-12(19)5-11(14)16-13(18)9-3-4-9/h5-6,8-9H,2-4,7H2,1H3. The van der Waals surface area contributed by atoms with E-state index in [1.165, 1.54) is 6.07 Å². The van der Waals surface area contributed by atoms with Gasteiger partial charge in [0.1, 0.15) is 11.0 Å². The highest BCUT2D eigenvalue weighted by atomic mass is 35.5. The van der Waals surface area contributed by atoms with Gasteiger partial charge in [-0.2, -0.15) is 0 Å². The summed E-state index contributed by atoms with van der Waals surface area (Å²) in [6.45, 7) is 3.39.